The van der Waals surface area contributed by atoms with Crippen molar-refractivity contribution < 1.29 is 33.2 Å². The maximum absolute atomic E-state index is 13.6. The maximum Gasteiger partial charge on any atom is 0.549 e. The van der Waals surface area contributed by atoms with E-state index in [0.717, 1.165) is 5.56 Å². The monoisotopic (exact) mass is 538 g/mol. The van der Waals surface area contributed by atoms with Crippen molar-refractivity contribution in [3.05, 3.63) is 54.2 Å². The Labute approximate surface area is 229 Å². The van der Waals surface area contributed by atoms with E-state index in [1.165, 1.54) is 6.92 Å². The molecular formula is C28H39BN4O6. The van der Waals surface area contributed by atoms with Crippen molar-refractivity contribution in [2.75, 3.05) is 13.6 Å². The largest absolute Gasteiger partial charge is 0.610 e. The van der Waals surface area contributed by atoms with E-state index in [1.807, 2.05) is 65.1 Å². The Balaban J connectivity index is 1.57. The first-order valence-corrected chi connectivity index (χ1v) is 13.6. The van der Waals surface area contributed by atoms with Gasteiger partial charge in [0.15, 0.2) is 0 Å². The molecule has 210 valence electrons. The zero-order valence-corrected chi connectivity index (χ0v) is 23.5. The third-order valence-corrected chi connectivity index (χ3v) is 8.28. The van der Waals surface area contributed by atoms with Gasteiger partial charge in [-0.3, -0.25) is 14.4 Å². The van der Waals surface area contributed by atoms with Gasteiger partial charge in [-0.25, -0.2) is 4.98 Å². The second-order valence-electron chi connectivity index (χ2n) is 11.5. The van der Waals surface area contributed by atoms with Crippen LogP contribution in [0, 0.1) is 5.92 Å². The molecule has 10 nitrogen and oxygen atoms in total. The number of rotatable bonds is 9. The number of aliphatic hydroxyl groups excluding tert-OH is 1. The molecule has 39 heavy (non-hydrogen) atoms. The Morgan fingerprint density at radius 3 is 2.44 bits per heavy atom. The van der Waals surface area contributed by atoms with E-state index in [2.05, 4.69) is 15.6 Å². The summed E-state index contributed by atoms with van der Waals surface area (Å²) in [4.78, 5) is 43.8. The van der Waals surface area contributed by atoms with Crippen LogP contribution < -0.4 is 10.6 Å². The zero-order chi connectivity index (χ0) is 28.5. The van der Waals surface area contributed by atoms with E-state index in [9.17, 15) is 19.5 Å². The Kier molecular flexibility index (Phi) is 8.16. The number of fused-ring (bicyclic) bond motifs is 1. The Hall–Kier alpha value is -3.28. The number of carbonyl (C=O) groups is 3. The molecule has 2 amide bonds. The number of pyridine rings is 1. The van der Waals surface area contributed by atoms with Gasteiger partial charge >= 0.3 is 12.7 Å². The first-order chi connectivity index (χ1) is 18.4. The molecule has 0 saturated carbocycles. The van der Waals surface area contributed by atoms with E-state index < -0.39 is 36.6 Å². The maximum atomic E-state index is 13.6. The first kappa shape index (κ1) is 28.7. The van der Waals surface area contributed by atoms with Gasteiger partial charge in [0.1, 0.15) is 18.3 Å². The fourth-order valence-electron chi connectivity index (χ4n) is 5.95. The number of nitrogens with zero attached hydrogens (tertiary/aromatic N) is 2. The molecule has 7 atom stereocenters. The number of aliphatic hydroxyl groups is 1. The lowest BCUT2D eigenvalue weighted by Crippen LogP contribution is -2.73. The predicted molar refractivity (Wildman–Crippen MR) is 147 cm³/mol. The van der Waals surface area contributed by atoms with Crippen molar-refractivity contribution >= 4 is 24.5 Å². The molecule has 2 aromatic rings. The summed E-state index contributed by atoms with van der Waals surface area (Å²) >= 11 is 0. The van der Waals surface area contributed by atoms with Gasteiger partial charge in [0.25, 0.3) is 5.91 Å². The second-order valence-corrected chi connectivity index (χ2v) is 11.5. The molecule has 2 aliphatic rings. The summed E-state index contributed by atoms with van der Waals surface area (Å²) in [5.74, 6) is -2.07. The van der Waals surface area contributed by atoms with Gasteiger partial charge in [0, 0.05) is 18.6 Å². The van der Waals surface area contributed by atoms with Gasteiger partial charge in [0.2, 0.25) is 5.91 Å². The van der Waals surface area contributed by atoms with Gasteiger partial charge in [-0.1, -0.05) is 56.7 Å². The van der Waals surface area contributed by atoms with Crippen LogP contribution >= 0.6 is 0 Å². The van der Waals surface area contributed by atoms with Crippen LogP contribution in [0.3, 0.4) is 0 Å². The molecule has 0 aliphatic carbocycles. The highest BCUT2D eigenvalue weighted by atomic mass is 16.7. The van der Waals surface area contributed by atoms with Crippen molar-refractivity contribution in [3.8, 4) is 11.3 Å². The Morgan fingerprint density at radius 1 is 1.10 bits per heavy atom. The topological polar surface area (TPSA) is 127 Å². The van der Waals surface area contributed by atoms with Crippen LogP contribution in [0.15, 0.2) is 48.5 Å². The van der Waals surface area contributed by atoms with Crippen molar-refractivity contribution in [3.63, 3.8) is 0 Å². The lowest BCUT2D eigenvalue weighted by molar-refractivity contribution is -0.824. The number of quaternary nitrogens is 1. The molecular weight excluding hydrogens is 499 g/mol. The number of aromatic nitrogens is 1. The SMILES string of the molecule is CC(C)C[C@H](NC(=O)[C@@H](NC(=O)c1cccc(-c2ccccc2)n1)[C@@H](C)O)[B-]12OC(=O)C[N+]1(C)[C@H](C)[C@@H](C)O2. The molecule has 3 heterocycles. The predicted octanol–water partition coefficient (Wildman–Crippen LogP) is 2.05. The van der Waals surface area contributed by atoms with Gasteiger partial charge in [-0.15, -0.1) is 0 Å². The van der Waals surface area contributed by atoms with Gasteiger partial charge in [-0.2, -0.15) is 0 Å². The number of amides is 2. The van der Waals surface area contributed by atoms with E-state index in [4.69, 9.17) is 9.31 Å². The minimum atomic E-state index is -2.28. The molecule has 1 aromatic heterocycles. The fourth-order valence-corrected chi connectivity index (χ4v) is 5.95. The highest BCUT2D eigenvalue weighted by Crippen LogP contribution is 2.43. The Bertz CT molecular complexity index is 1230. The third-order valence-electron chi connectivity index (χ3n) is 8.28. The van der Waals surface area contributed by atoms with Crippen LogP contribution in [0.5, 0.6) is 0 Å². The summed E-state index contributed by atoms with van der Waals surface area (Å²) < 4.78 is 12.5. The highest BCUT2D eigenvalue weighted by molar-refractivity contribution is 6.65. The number of hydrogen-bond acceptors (Lipinski definition) is 7. The number of carbonyl (C=O) groups excluding carboxylic acids is 3. The second kappa shape index (κ2) is 11.1. The molecule has 2 saturated heterocycles. The average Bonchev–Trinajstić information content (AvgIpc) is 3.25. The molecule has 0 spiro atoms. The standard InChI is InChI=1S/C28H39BN4O6/c1-17(2)15-24(29-33(6,16-25(35)39-29)18(3)20(5)38-29)31-28(37)26(19(4)34)32-27(36)23-14-10-13-22(30-23)21-11-8-7-9-12-21/h7-14,17-20,24,26,34H,15-16H2,1-6H3,(H,31,37)(H,32,36)/t18-,19-,20-,24+,26+,29?,33?/m1/s1. The molecule has 2 aliphatic heterocycles. The van der Waals surface area contributed by atoms with Crippen molar-refractivity contribution in [1.29, 1.82) is 0 Å². The molecule has 1 aromatic carbocycles. The number of benzene rings is 1. The molecule has 2 unspecified atom stereocenters. The van der Waals surface area contributed by atoms with Crippen molar-refractivity contribution in [1.82, 2.24) is 15.6 Å². The van der Waals surface area contributed by atoms with Crippen LogP contribution in [0.2, 0.25) is 0 Å². The minimum Gasteiger partial charge on any atom is -0.610 e. The van der Waals surface area contributed by atoms with Crippen molar-refractivity contribution in [2.24, 2.45) is 5.92 Å². The van der Waals surface area contributed by atoms with Gasteiger partial charge in [-0.05, 0) is 38.8 Å². The smallest absolute Gasteiger partial charge is 0.549 e. The Morgan fingerprint density at radius 2 is 1.79 bits per heavy atom. The molecule has 11 heteroatoms. The van der Waals surface area contributed by atoms with Crippen LogP contribution in [-0.2, 0) is 18.9 Å². The van der Waals surface area contributed by atoms with Crippen LogP contribution in [0.4, 0.5) is 0 Å². The third kappa shape index (κ3) is 5.43. The fraction of sp³-hybridized carbons (Fsp3) is 0.500. The van der Waals surface area contributed by atoms with Crippen LogP contribution in [0.25, 0.3) is 11.3 Å². The van der Waals surface area contributed by atoms with Gasteiger partial charge in [0.05, 0.1) is 23.9 Å². The van der Waals surface area contributed by atoms with Crippen LogP contribution in [-0.4, -0.2) is 82.8 Å². The number of hydrogen-bond donors (Lipinski definition) is 3. The number of nitrogens with one attached hydrogen (secondary N) is 2. The van der Waals surface area contributed by atoms with E-state index >= 15 is 0 Å². The molecule has 0 bridgehead atoms. The number of likely N-dealkylation sites (N-methyl/N-ethyl adjacent to an activating group) is 1. The highest BCUT2D eigenvalue weighted by Gasteiger charge is 2.69. The normalized spacial score (nSPS) is 28.4. The first-order valence-electron chi connectivity index (χ1n) is 13.6. The summed E-state index contributed by atoms with van der Waals surface area (Å²) in [5, 5.41) is 16.2. The van der Waals surface area contributed by atoms with Crippen LogP contribution in [0.1, 0.15) is 51.5 Å². The van der Waals surface area contributed by atoms with Gasteiger partial charge < -0.3 is 29.4 Å². The lowest BCUT2D eigenvalue weighted by atomic mass is 9.57. The molecule has 2 fully saturated rings. The minimum absolute atomic E-state index is 0.0294. The quantitative estimate of drug-likeness (QED) is 0.417. The summed E-state index contributed by atoms with van der Waals surface area (Å²) in [6, 6.07) is 13.2. The summed E-state index contributed by atoms with van der Waals surface area (Å²) in [6.45, 7) is 7.27. The summed E-state index contributed by atoms with van der Waals surface area (Å²) in [7, 11) is 1.93. The molecule has 3 N–H and O–H groups in total. The van der Waals surface area contributed by atoms with E-state index in [1.54, 1.807) is 18.2 Å². The summed E-state index contributed by atoms with van der Waals surface area (Å²) in [5.41, 5.74) is 1.58. The van der Waals surface area contributed by atoms with E-state index in [-0.39, 0.29) is 40.7 Å². The zero-order valence-electron chi connectivity index (χ0n) is 23.5. The van der Waals surface area contributed by atoms with E-state index in [0.29, 0.717) is 12.1 Å². The lowest BCUT2D eigenvalue weighted by Gasteiger charge is -2.49. The molecule has 0 radical (unpaired) electrons. The summed E-state index contributed by atoms with van der Waals surface area (Å²) in [6.07, 6.45) is -0.914. The average molecular weight is 538 g/mol. The van der Waals surface area contributed by atoms with Crippen molar-refractivity contribution in [2.45, 2.75) is 71.3 Å². The molecule has 4 rings (SSSR count).